The Morgan fingerprint density at radius 1 is 1.48 bits per heavy atom. The summed E-state index contributed by atoms with van der Waals surface area (Å²) in [5, 5.41) is 12.2. The highest BCUT2D eigenvalue weighted by Crippen LogP contribution is 2.24. The van der Waals surface area contributed by atoms with Gasteiger partial charge >= 0.3 is 6.18 Å². The van der Waals surface area contributed by atoms with Crippen LogP contribution in [-0.2, 0) is 0 Å². The number of anilines is 1. The van der Waals surface area contributed by atoms with E-state index in [1.54, 1.807) is 18.2 Å². The third-order valence-electron chi connectivity index (χ3n) is 3.90. The van der Waals surface area contributed by atoms with E-state index < -0.39 is 12.7 Å². The molecule has 4 nitrogen and oxygen atoms in total. The summed E-state index contributed by atoms with van der Waals surface area (Å²) < 4.78 is 37.1. The number of likely N-dealkylation sites (tertiary alicyclic amines) is 1. The lowest BCUT2D eigenvalue weighted by atomic mass is 10.1. The minimum absolute atomic E-state index is 0.0878. The van der Waals surface area contributed by atoms with Crippen molar-refractivity contribution in [2.45, 2.75) is 19.5 Å². The van der Waals surface area contributed by atoms with Crippen LogP contribution in [0.4, 0.5) is 18.9 Å². The second-order valence-electron chi connectivity index (χ2n) is 5.81. The Balaban J connectivity index is 1.95. The summed E-state index contributed by atoms with van der Waals surface area (Å²) in [6, 6.07) is 6.82. The highest BCUT2D eigenvalue weighted by atomic mass is 19.4. The van der Waals surface area contributed by atoms with Crippen molar-refractivity contribution in [1.29, 1.82) is 5.26 Å². The lowest BCUT2D eigenvalue weighted by Crippen LogP contribution is -2.33. The van der Waals surface area contributed by atoms with Crippen LogP contribution in [-0.4, -0.2) is 43.0 Å². The molecule has 1 aromatic carbocycles. The number of halogens is 3. The van der Waals surface area contributed by atoms with Crippen LogP contribution >= 0.6 is 0 Å². The minimum atomic E-state index is -4.17. The van der Waals surface area contributed by atoms with E-state index in [-0.39, 0.29) is 11.7 Å². The van der Waals surface area contributed by atoms with Crippen molar-refractivity contribution in [3.05, 3.63) is 29.3 Å². The van der Waals surface area contributed by atoms with E-state index in [1.807, 2.05) is 6.07 Å². The standard InChI is InChI=1S/C16H18F3N3O/c1-11(23)13-2-3-14(7-20)15(6-13)21-8-12-4-5-22(9-12)10-16(17,18)19/h2-3,6,12,21H,4-5,8-10H2,1H3. The first-order valence-electron chi connectivity index (χ1n) is 7.36. The Morgan fingerprint density at radius 3 is 2.83 bits per heavy atom. The summed E-state index contributed by atoms with van der Waals surface area (Å²) in [6.07, 6.45) is -3.50. The summed E-state index contributed by atoms with van der Waals surface area (Å²) in [6.45, 7) is 1.83. The number of nitrogens with zero attached hydrogens (tertiary/aromatic N) is 2. The molecule has 124 valence electrons. The summed E-state index contributed by atoms with van der Waals surface area (Å²) in [5.41, 5.74) is 1.46. The Bertz CT molecular complexity index is 622. The molecule has 1 aliphatic rings. The highest BCUT2D eigenvalue weighted by molar-refractivity contribution is 5.95. The number of rotatable bonds is 5. The fourth-order valence-corrected chi connectivity index (χ4v) is 2.74. The molecular weight excluding hydrogens is 307 g/mol. The molecule has 7 heteroatoms. The maximum atomic E-state index is 12.4. The van der Waals surface area contributed by atoms with Crippen LogP contribution in [0.2, 0.25) is 0 Å². The van der Waals surface area contributed by atoms with Gasteiger partial charge in [0.1, 0.15) is 6.07 Å². The van der Waals surface area contributed by atoms with Gasteiger partial charge in [-0.15, -0.1) is 0 Å². The first-order valence-corrected chi connectivity index (χ1v) is 7.36. The van der Waals surface area contributed by atoms with Gasteiger partial charge in [-0.1, -0.05) is 0 Å². The van der Waals surface area contributed by atoms with Crippen LogP contribution in [0.5, 0.6) is 0 Å². The number of carbonyl (C=O) groups is 1. The van der Waals surface area contributed by atoms with Crippen molar-refractivity contribution >= 4 is 11.5 Å². The Kier molecular flexibility index (Phi) is 5.26. The van der Waals surface area contributed by atoms with Gasteiger partial charge in [0.05, 0.1) is 17.8 Å². The molecule has 0 radical (unpaired) electrons. The molecule has 0 saturated carbocycles. The maximum Gasteiger partial charge on any atom is 0.401 e. The normalized spacial score (nSPS) is 18.7. The summed E-state index contributed by atoms with van der Waals surface area (Å²) in [5.74, 6) is -0.0142. The number of nitriles is 1. The molecular formula is C16H18F3N3O. The molecule has 1 saturated heterocycles. The molecule has 2 rings (SSSR count). The van der Waals surface area contributed by atoms with E-state index >= 15 is 0 Å². The van der Waals surface area contributed by atoms with Crippen molar-refractivity contribution in [1.82, 2.24) is 4.90 Å². The van der Waals surface area contributed by atoms with Crippen LogP contribution < -0.4 is 5.32 Å². The van der Waals surface area contributed by atoms with Gasteiger partial charge in [0, 0.05) is 18.7 Å². The average molecular weight is 325 g/mol. The maximum absolute atomic E-state index is 12.4. The quantitative estimate of drug-likeness (QED) is 0.846. The van der Waals surface area contributed by atoms with Crippen molar-refractivity contribution in [3.8, 4) is 6.07 Å². The largest absolute Gasteiger partial charge is 0.401 e. The van der Waals surface area contributed by atoms with E-state index in [0.29, 0.717) is 42.9 Å². The fourth-order valence-electron chi connectivity index (χ4n) is 2.74. The summed E-state index contributed by atoms with van der Waals surface area (Å²) >= 11 is 0. The van der Waals surface area contributed by atoms with E-state index in [4.69, 9.17) is 5.26 Å². The predicted molar refractivity (Wildman–Crippen MR) is 80.3 cm³/mol. The molecule has 1 aliphatic heterocycles. The first kappa shape index (κ1) is 17.3. The molecule has 0 amide bonds. The van der Waals surface area contributed by atoms with Gasteiger partial charge in [0.25, 0.3) is 0 Å². The van der Waals surface area contributed by atoms with E-state index in [1.165, 1.54) is 11.8 Å². The van der Waals surface area contributed by atoms with Crippen LogP contribution in [0.25, 0.3) is 0 Å². The van der Waals surface area contributed by atoms with Crippen molar-refractivity contribution in [2.24, 2.45) is 5.92 Å². The second kappa shape index (κ2) is 7.01. The average Bonchev–Trinajstić information content (AvgIpc) is 2.90. The van der Waals surface area contributed by atoms with E-state index in [2.05, 4.69) is 5.32 Å². The molecule has 23 heavy (non-hydrogen) atoms. The molecule has 1 heterocycles. The topological polar surface area (TPSA) is 56.1 Å². The molecule has 1 N–H and O–H groups in total. The molecule has 1 atom stereocenters. The number of hydrogen-bond donors (Lipinski definition) is 1. The van der Waals surface area contributed by atoms with E-state index in [9.17, 15) is 18.0 Å². The number of nitrogens with one attached hydrogen (secondary N) is 1. The Labute approximate surface area is 132 Å². The van der Waals surface area contributed by atoms with Crippen molar-refractivity contribution < 1.29 is 18.0 Å². The molecule has 1 unspecified atom stereocenters. The lowest BCUT2D eigenvalue weighted by Gasteiger charge is -2.18. The van der Waals surface area contributed by atoms with Crippen molar-refractivity contribution in [3.63, 3.8) is 0 Å². The number of Topliss-reactive ketones (excluding diaryl/α,β-unsaturated/α-hetero) is 1. The van der Waals surface area contributed by atoms with Crippen LogP contribution in [0.3, 0.4) is 0 Å². The van der Waals surface area contributed by atoms with Gasteiger partial charge in [0.15, 0.2) is 5.78 Å². The van der Waals surface area contributed by atoms with Gasteiger partial charge in [-0.2, -0.15) is 18.4 Å². The van der Waals surface area contributed by atoms with Crippen LogP contribution in [0.15, 0.2) is 18.2 Å². The predicted octanol–water partition coefficient (Wildman–Crippen LogP) is 3.06. The Hall–Kier alpha value is -2.07. The molecule has 1 fully saturated rings. The number of benzene rings is 1. The molecule has 0 aromatic heterocycles. The number of carbonyl (C=O) groups excluding carboxylic acids is 1. The van der Waals surface area contributed by atoms with E-state index in [0.717, 1.165) is 0 Å². The third kappa shape index (κ3) is 4.96. The molecule has 0 aliphatic carbocycles. The zero-order chi connectivity index (χ0) is 17.0. The Morgan fingerprint density at radius 2 is 2.22 bits per heavy atom. The molecule has 1 aromatic rings. The zero-order valence-electron chi connectivity index (χ0n) is 12.8. The monoisotopic (exact) mass is 325 g/mol. The SMILES string of the molecule is CC(=O)c1ccc(C#N)c(NCC2CCN(CC(F)(F)F)C2)c1. The third-order valence-corrected chi connectivity index (χ3v) is 3.90. The molecule has 0 bridgehead atoms. The highest BCUT2D eigenvalue weighted by Gasteiger charge is 2.34. The lowest BCUT2D eigenvalue weighted by molar-refractivity contribution is -0.143. The summed E-state index contributed by atoms with van der Waals surface area (Å²) in [7, 11) is 0. The van der Waals surface area contributed by atoms with Gasteiger partial charge in [0.2, 0.25) is 0 Å². The van der Waals surface area contributed by atoms with Gasteiger partial charge in [-0.25, -0.2) is 0 Å². The minimum Gasteiger partial charge on any atom is -0.384 e. The molecule has 0 spiro atoms. The zero-order valence-corrected chi connectivity index (χ0v) is 12.8. The number of alkyl halides is 3. The van der Waals surface area contributed by atoms with Gasteiger partial charge in [-0.3, -0.25) is 9.69 Å². The smallest absolute Gasteiger partial charge is 0.384 e. The summed E-state index contributed by atoms with van der Waals surface area (Å²) in [4.78, 5) is 12.8. The van der Waals surface area contributed by atoms with Gasteiger partial charge < -0.3 is 5.32 Å². The second-order valence-corrected chi connectivity index (χ2v) is 5.81. The fraction of sp³-hybridized carbons (Fsp3) is 0.500. The van der Waals surface area contributed by atoms with Gasteiger partial charge in [-0.05, 0) is 44.0 Å². The first-order chi connectivity index (χ1) is 10.8. The number of hydrogen-bond acceptors (Lipinski definition) is 4. The van der Waals surface area contributed by atoms with Crippen LogP contribution in [0.1, 0.15) is 29.3 Å². The van der Waals surface area contributed by atoms with Crippen LogP contribution in [0, 0.1) is 17.2 Å². The van der Waals surface area contributed by atoms with Crippen molar-refractivity contribution in [2.75, 3.05) is 31.5 Å². The number of ketones is 1.